The molecule has 11 heavy (non-hydrogen) atoms. The molecule has 0 aromatic rings. The number of carbonyl (C=O) groups is 1. The molecule has 0 spiro atoms. The number of carbonyl (C=O) groups excluding carboxylic acids is 1. The molecular weight excluding hydrogens is 138 g/mol. The predicted molar refractivity (Wildman–Crippen MR) is 47.3 cm³/mol. The van der Waals surface area contributed by atoms with Gasteiger partial charge in [0.2, 0.25) is 5.91 Å². The second-order valence-corrected chi connectivity index (χ2v) is 2.69. The van der Waals surface area contributed by atoms with E-state index in [0.717, 1.165) is 6.42 Å². The van der Waals surface area contributed by atoms with Gasteiger partial charge in [-0.15, -0.1) is 0 Å². The van der Waals surface area contributed by atoms with Crippen LogP contribution in [0.15, 0.2) is 12.2 Å². The summed E-state index contributed by atoms with van der Waals surface area (Å²) in [6, 6.07) is 0. The zero-order chi connectivity index (χ0) is 8.69. The lowest BCUT2D eigenvalue weighted by molar-refractivity contribution is -0.121. The van der Waals surface area contributed by atoms with Crippen LogP contribution >= 0.6 is 0 Å². The van der Waals surface area contributed by atoms with E-state index >= 15 is 0 Å². The van der Waals surface area contributed by atoms with Crippen molar-refractivity contribution in [3.8, 4) is 0 Å². The fourth-order valence-electron chi connectivity index (χ4n) is 0.831. The number of nitrogens with one attached hydrogen (secondary N) is 1. The van der Waals surface area contributed by atoms with E-state index in [-0.39, 0.29) is 5.91 Å². The molecule has 0 aliphatic rings. The van der Waals surface area contributed by atoms with E-state index in [1.807, 2.05) is 6.92 Å². The van der Waals surface area contributed by atoms with Crippen LogP contribution in [0.25, 0.3) is 0 Å². The van der Waals surface area contributed by atoms with Gasteiger partial charge in [0.25, 0.3) is 0 Å². The molecule has 1 N–H and O–H groups in total. The van der Waals surface area contributed by atoms with Crippen molar-refractivity contribution >= 4 is 5.91 Å². The number of amides is 1. The third kappa shape index (κ3) is 5.64. The summed E-state index contributed by atoms with van der Waals surface area (Å²) in [5.74, 6) is 0.466. The first kappa shape index (κ1) is 10.2. The molecule has 1 atom stereocenters. The SMILES string of the molecule is CC/C=C\[C@@H](C)CC(=O)NC. The number of allylic oxidation sites excluding steroid dienone is 2. The normalized spacial score (nSPS) is 13.4. The quantitative estimate of drug-likeness (QED) is 0.615. The molecule has 0 aliphatic heterocycles. The summed E-state index contributed by atoms with van der Waals surface area (Å²) in [4.78, 5) is 10.8. The number of hydrogen-bond donors (Lipinski definition) is 1. The monoisotopic (exact) mass is 155 g/mol. The van der Waals surface area contributed by atoms with Gasteiger partial charge in [-0.25, -0.2) is 0 Å². The summed E-state index contributed by atoms with van der Waals surface area (Å²) < 4.78 is 0. The van der Waals surface area contributed by atoms with Gasteiger partial charge in [-0.3, -0.25) is 4.79 Å². The van der Waals surface area contributed by atoms with Crippen LogP contribution in [0.1, 0.15) is 26.7 Å². The standard InChI is InChI=1S/C9H17NO/c1-4-5-6-8(2)7-9(11)10-3/h5-6,8H,4,7H2,1-3H3,(H,10,11)/b6-5-/t8-/m1/s1. The van der Waals surface area contributed by atoms with E-state index in [1.54, 1.807) is 7.05 Å². The maximum absolute atomic E-state index is 10.8. The van der Waals surface area contributed by atoms with Gasteiger partial charge in [0.1, 0.15) is 0 Å². The highest BCUT2D eigenvalue weighted by Crippen LogP contribution is 2.03. The predicted octanol–water partition coefficient (Wildman–Crippen LogP) is 1.72. The Morgan fingerprint density at radius 3 is 2.73 bits per heavy atom. The molecule has 0 unspecified atom stereocenters. The fraction of sp³-hybridized carbons (Fsp3) is 0.667. The van der Waals surface area contributed by atoms with Crippen LogP contribution in [0.2, 0.25) is 0 Å². The summed E-state index contributed by atoms with van der Waals surface area (Å²) in [6.45, 7) is 4.13. The highest BCUT2D eigenvalue weighted by molar-refractivity contribution is 5.75. The van der Waals surface area contributed by atoms with E-state index in [1.165, 1.54) is 0 Å². The van der Waals surface area contributed by atoms with Gasteiger partial charge in [0.05, 0.1) is 0 Å². The Labute approximate surface area is 68.7 Å². The molecule has 0 heterocycles. The molecule has 2 heteroatoms. The van der Waals surface area contributed by atoms with Gasteiger partial charge >= 0.3 is 0 Å². The van der Waals surface area contributed by atoms with Gasteiger partial charge in [0, 0.05) is 13.5 Å². The number of rotatable bonds is 4. The van der Waals surface area contributed by atoms with Crippen molar-refractivity contribution in [2.24, 2.45) is 5.92 Å². The highest BCUT2D eigenvalue weighted by Gasteiger charge is 2.02. The average molecular weight is 155 g/mol. The molecule has 0 saturated carbocycles. The first-order valence-corrected chi connectivity index (χ1v) is 4.08. The Balaban J connectivity index is 3.59. The van der Waals surface area contributed by atoms with Crippen molar-refractivity contribution in [2.75, 3.05) is 7.05 Å². The lowest BCUT2D eigenvalue weighted by atomic mass is 10.1. The van der Waals surface area contributed by atoms with E-state index in [4.69, 9.17) is 0 Å². The lowest BCUT2D eigenvalue weighted by Crippen LogP contribution is -2.19. The molecule has 1 amide bonds. The van der Waals surface area contributed by atoms with Crippen LogP contribution in [0.4, 0.5) is 0 Å². The molecule has 0 aromatic heterocycles. The topological polar surface area (TPSA) is 29.1 Å². The van der Waals surface area contributed by atoms with E-state index in [9.17, 15) is 4.79 Å². The second-order valence-electron chi connectivity index (χ2n) is 2.69. The Hall–Kier alpha value is -0.790. The van der Waals surface area contributed by atoms with Crippen molar-refractivity contribution in [2.45, 2.75) is 26.7 Å². The summed E-state index contributed by atoms with van der Waals surface area (Å²) in [5, 5.41) is 2.60. The molecule has 0 aliphatic carbocycles. The van der Waals surface area contributed by atoms with Crippen molar-refractivity contribution in [3.05, 3.63) is 12.2 Å². The van der Waals surface area contributed by atoms with Crippen molar-refractivity contribution in [3.63, 3.8) is 0 Å². The Morgan fingerprint density at radius 1 is 1.64 bits per heavy atom. The minimum Gasteiger partial charge on any atom is -0.359 e. The maximum Gasteiger partial charge on any atom is 0.220 e. The minimum absolute atomic E-state index is 0.109. The first-order valence-electron chi connectivity index (χ1n) is 4.08. The van der Waals surface area contributed by atoms with Gasteiger partial charge < -0.3 is 5.32 Å². The van der Waals surface area contributed by atoms with E-state index in [0.29, 0.717) is 12.3 Å². The summed E-state index contributed by atoms with van der Waals surface area (Å²) >= 11 is 0. The number of hydrogen-bond acceptors (Lipinski definition) is 1. The zero-order valence-corrected chi connectivity index (χ0v) is 7.55. The highest BCUT2D eigenvalue weighted by atomic mass is 16.1. The van der Waals surface area contributed by atoms with Gasteiger partial charge in [-0.2, -0.15) is 0 Å². The molecule has 0 fully saturated rings. The fourth-order valence-corrected chi connectivity index (χ4v) is 0.831. The van der Waals surface area contributed by atoms with Crippen LogP contribution in [-0.2, 0) is 4.79 Å². The van der Waals surface area contributed by atoms with E-state index < -0.39 is 0 Å². The smallest absolute Gasteiger partial charge is 0.220 e. The molecule has 2 nitrogen and oxygen atoms in total. The third-order valence-electron chi connectivity index (χ3n) is 1.49. The molecule has 0 rings (SSSR count). The van der Waals surface area contributed by atoms with Crippen LogP contribution in [-0.4, -0.2) is 13.0 Å². The summed E-state index contributed by atoms with van der Waals surface area (Å²) in [6.07, 6.45) is 5.80. The van der Waals surface area contributed by atoms with Crippen LogP contribution in [0.5, 0.6) is 0 Å². The lowest BCUT2D eigenvalue weighted by Gasteiger charge is -2.03. The second kappa shape index (κ2) is 5.96. The van der Waals surface area contributed by atoms with Crippen molar-refractivity contribution < 1.29 is 4.79 Å². The minimum atomic E-state index is 0.109. The molecule has 64 valence electrons. The molecule has 0 aromatic carbocycles. The molecule has 0 radical (unpaired) electrons. The maximum atomic E-state index is 10.8. The van der Waals surface area contributed by atoms with Crippen molar-refractivity contribution in [1.82, 2.24) is 5.32 Å². The third-order valence-corrected chi connectivity index (χ3v) is 1.49. The van der Waals surface area contributed by atoms with Gasteiger partial charge in [-0.05, 0) is 12.3 Å². The molecule has 0 saturated heterocycles. The van der Waals surface area contributed by atoms with Crippen LogP contribution < -0.4 is 5.32 Å². The van der Waals surface area contributed by atoms with Crippen molar-refractivity contribution in [1.29, 1.82) is 0 Å². The van der Waals surface area contributed by atoms with E-state index in [2.05, 4.69) is 24.4 Å². The molecule has 0 bridgehead atoms. The van der Waals surface area contributed by atoms with Gasteiger partial charge in [0.15, 0.2) is 0 Å². The first-order chi connectivity index (χ1) is 5.20. The largest absolute Gasteiger partial charge is 0.359 e. The average Bonchev–Trinajstić information content (AvgIpc) is 2.00. The Morgan fingerprint density at radius 2 is 2.27 bits per heavy atom. The zero-order valence-electron chi connectivity index (χ0n) is 7.55. The summed E-state index contributed by atoms with van der Waals surface area (Å²) in [7, 11) is 1.67. The summed E-state index contributed by atoms with van der Waals surface area (Å²) in [5.41, 5.74) is 0. The van der Waals surface area contributed by atoms with Gasteiger partial charge in [-0.1, -0.05) is 26.0 Å². The molecular formula is C9H17NO. The van der Waals surface area contributed by atoms with Crippen LogP contribution in [0, 0.1) is 5.92 Å². The Kier molecular flexibility index (Phi) is 5.53. The Bertz CT molecular complexity index is 140. The van der Waals surface area contributed by atoms with Crippen LogP contribution in [0.3, 0.4) is 0 Å².